The fourth-order valence-electron chi connectivity index (χ4n) is 2.66. The van der Waals surface area contributed by atoms with Crippen molar-refractivity contribution in [2.75, 3.05) is 16.8 Å². The number of halogens is 3. The van der Waals surface area contributed by atoms with Crippen molar-refractivity contribution >= 4 is 23.2 Å². The largest absolute Gasteiger partial charge is 0.418 e. The Morgan fingerprint density at radius 2 is 1.61 bits per heavy atom. The lowest BCUT2D eigenvalue weighted by atomic mass is 10.1. The molecule has 0 aliphatic carbocycles. The number of nitrogens with zero attached hydrogens (tertiary/aromatic N) is 3. The third-order valence-electron chi connectivity index (χ3n) is 4.01. The second-order valence-electron chi connectivity index (χ2n) is 5.85. The molecule has 0 radical (unpaired) electrons. The average Bonchev–Trinajstić information content (AvgIpc) is 2.69. The summed E-state index contributed by atoms with van der Waals surface area (Å²) in [6.45, 7) is 2.54. The van der Waals surface area contributed by atoms with Crippen molar-refractivity contribution in [2.24, 2.45) is 0 Å². The first-order chi connectivity index (χ1) is 13.4. The number of hydrogen-bond donors (Lipinski definition) is 1. The van der Waals surface area contributed by atoms with Crippen LogP contribution in [0.15, 0.2) is 67.0 Å². The molecule has 1 amide bonds. The zero-order chi connectivity index (χ0) is 20.1. The molecule has 0 unspecified atom stereocenters. The quantitative estimate of drug-likeness (QED) is 0.677. The number of benzene rings is 2. The second-order valence-corrected chi connectivity index (χ2v) is 5.85. The smallest absolute Gasteiger partial charge is 0.321 e. The van der Waals surface area contributed by atoms with Gasteiger partial charge in [0, 0.05) is 24.6 Å². The minimum Gasteiger partial charge on any atom is -0.321 e. The molecule has 3 rings (SSSR count). The van der Waals surface area contributed by atoms with Crippen molar-refractivity contribution in [3.05, 3.63) is 78.1 Å². The van der Waals surface area contributed by atoms with Gasteiger partial charge in [-0.05, 0) is 31.2 Å². The Kier molecular flexibility index (Phi) is 5.58. The van der Waals surface area contributed by atoms with Gasteiger partial charge in [-0.1, -0.05) is 30.3 Å². The summed E-state index contributed by atoms with van der Waals surface area (Å²) in [5, 5.41) is 2.28. The second kappa shape index (κ2) is 8.08. The van der Waals surface area contributed by atoms with Gasteiger partial charge in [0.15, 0.2) is 0 Å². The molecule has 0 fully saturated rings. The number of amides is 1. The molecule has 5 nitrogen and oxygen atoms in total. The Labute approximate surface area is 159 Å². The molecule has 1 heterocycles. The van der Waals surface area contributed by atoms with Gasteiger partial charge in [0.2, 0.25) is 5.95 Å². The zero-order valence-corrected chi connectivity index (χ0v) is 14.9. The van der Waals surface area contributed by atoms with Crippen LogP contribution in [-0.4, -0.2) is 22.4 Å². The van der Waals surface area contributed by atoms with Crippen LogP contribution >= 0.6 is 0 Å². The first-order valence-electron chi connectivity index (χ1n) is 8.52. The van der Waals surface area contributed by atoms with Crippen LogP contribution in [0.1, 0.15) is 22.8 Å². The van der Waals surface area contributed by atoms with E-state index in [1.54, 1.807) is 0 Å². The molecule has 0 aliphatic heterocycles. The molecular formula is C20H17F3N4O. The summed E-state index contributed by atoms with van der Waals surface area (Å²) in [6.07, 6.45) is -1.99. The Morgan fingerprint density at radius 1 is 1.00 bits per heavy atom. The molecule has 0 saturated carbocycles. The predicted octanol–water partition coefficient (Wildman–Crippen LogP) is 4.91. The fraction of sp³-hybridized carbons (Fsp3) is 0.150. The third-order valence-corrected chi connectivity index (χ3v) is 4.01. The van der Waals surface area contributed by atoms with Crippen LogP contribution in [0, 0.1) is 0 Å². The first-order valence-corrected chi connectivity index (χ1v) is 8.52. The molecule has 0 bridgehead atoms. The van der Waals surface area contributed by atoms with Gasteiger partial charge >= 0.3 is 6.18 Å². The molecule has 0 spiro atoms. The molecule has 0 aliphatic rings. The molecule has 144 valence electrons. The highest BCUT2D eigenvalue weighted by Crippen LogP contribution is 2.34. The van der Waals surface area contributed by atoms with E-state index in [4.69, 9.17) is 0 Å². The normalized spacial score (nSPS) is 11.1. The van der Waals surface area contributed by atoms with E-state index in [0.29, 0.717) is 12.5 Å². The van der Waals surface area contributed by atoms with Gasteiger partial charge in [-0.15, -0.1) is 0 Å². The van der Waals surface area contributed by atoms with Gasteiger partial charge in [0.25, 0.3) is 5.91 Å². The van der Waals surface area contributed by atoms with Crippen molar-refractivity contribution in [2.45, 2.75) is 13.1 Å². The van der Waals surface area contributed by atoms with Gasteiger partial charge in [-0.2, -0.15) is 13.2 Å². The summed E-state index contributed by atoms with van der Waals surface area (Å²) in [4.78, 5) is 22.6. The SMILES string of the molecule is CCN(c1ccccc1)c1ncc(C(=O)Nc2ccccc2C(F)(F)F)cn1. The van der Waals surface area contributed by atoms with E-state index in [2.05, 4.69) is 15.3 Å². The minimum absolute atomic E-state index is 0.0600. The minimum atomic E-state index is -4.57. The molecule has 8 heteroatoms. The number of rotatable bonds is 5. The highest BCUT2D eigenvalue weighted by molar-refractivity contribution is 6.04. The van der Waals surface area contributed by atoms with E-state index < -0.39 is 17.6 Å². The topological polar surface area (TPSA) is 58.1 Å². The summed E-state index contributed by atoms with van der Waals surface area (Å²) in [5.74, 6) is -0.327. The highest BCUT2D eigenvalue weighted by atomic mass is 19.4. The number of alkyl halides is 3. The van der Waals surface area contributed by atoms with Crippen LogP contribution in [0.3, 0.4) is 0 Å². The summed E-state index contributed by atoms with van der Waals surface area (Å²) < 4.78 is 39.2. The molecule has 0 atom stereocenters. The summed E-state index contributed by atoms with van der Waals surface area (Å²) in [5.41, 5.74) is -0.281. The Morgan fingerprint density at radius 3 is 2.21 bits per heavy atom. The Hall–Kier alpha value is -3.42. The standard InChI is InChI=1S/C20H17F3N4O/c1-2-27(15-8-4-3-5-9-15)19-24-12-14(13-25-19)18(28)26-17-11-7-6-10-16(17)20(21,22)23/h3-13H,2H2,1H3,(H,26,28). The third kappa shape index (κ3) is 4.28. The number of carbonyl (C=O) groups excluding carboxylic acids is 1. The van der Waals surface area contributed by atoms with Crippen molar-refractivity contribution in [3.63, 3.8) is 0 Å². The number of para-hydroxylation sites is 2. The van der Waals surface area contributed by atoms with Gasteiger partial charge in [-0.3, -0.25) is 4.79 Å². The predicted molar refractivity (Wildman–Crippen MR) is 101 cm³/mol. The molecule has 2 aromatic carbocycles. The highest BCUT2D eigenvalue weighted by Gasteiger charge is 2.33. The lowest BCUT2D eigenvalue weighted by Gasteiger charge is -2.20. The fourth-order valence-corrected chi connectivity index (χ4v) is 2.66. The molecular weight excluding hydrogens is 369 g/mol. The first kappa shape index (κ1) is 19.3. The van der Waals surface area contributed by atoms with Crippen LogP contribution in [0.2, 0.25) is 0 Å². The van der Waals surface area contributed by atoms with Gasteiger partial charge < -0.3 is 10.2 Å². The van der Waals surface area contributed by atoms with E-state index in [0.717, 1.165) is 11.8 Å². The number of carbonyl (C=O) groups is 1. The van der Waals surface area contributed by atoms with Gasteiger partial charge in [-0.25, -0.2) is 9.97 Å². The van der Waals surface area contributed by atoms with Crippen molar-refractivity contribution in [3.8, 4) is 0 Å². The van der Waals surface area contributed by atoms with Crippen LogP contribution in [0.25, 0.3) is 0 Å². The van der Waals surface area contributed by atoms with E-state index in [-0.39, 0.29) is 11.3 Å². The summed E-state index contributed by atoms with van der Waals surface area (Å²) in [7, 11) is 0. The van der Waals surface area contributed by atoms with Crippen LogP contribution in [0.4, 0.5) is 30.5 Å². The van der Waals surface area contributed by atoms with E-state index >= 15 is 0 Å². The van der Waals surface area contributed by atoms with Crippen molar-refractivity contribution in [1.82, 2.24) is 9.97 Å². The maximum atomic E-state index is 13.1. The Balaban J connectivity index is 1.80. The van der Waals surface area contributed by atoms with Crippen LogP contribution < -0.4 is 10.2 Å². The summed E-state index contributed by atoms with van der Waals surface area (Å²) >= 11 is 0. The lowest BCUT2D eigenvalue weighted by molar-refractivity contribution is -0.136. The van der Waals surface area contributed by atoms with E-state index in [9.17, 15) is 18.0 Å². The molecule has 1 aromatic heterocycles. The molecule has 3 aromatic rings. The van der Waals surface area contributed by atoms with Crippen LogP contribution in [-0.2, 0) is 6.18 Å². The lowest BCUT2D eigenvalue weighted by Crippen LogP contribution is -2.20. The Bertz CT molecular complexity index is 944. The number of nitrogens with one attached hydrogen (secondary N) is 1. The monoisotopic (exact) mass is 386 g/mol. The van der Waals surface area contributed by atoms with E-state index in [1.165, 1.54) is 30.6 Å². The maximum Gasteiger partial charge on any atom is 0.418 e. The maximum absolute atomic E-state index is 13.1. The van der Waals surface area contributed by atoms with Crippen LogP contribution in [0.5, 0.6) is 0 Å². The number of hydrogen-bond acceptors (Lipinski definition) is 4. The molecule has 1 N–H and O–H groups in total. The van der Waals surface area contributed by atoms with Crippen molar-refractivity contribution < 1.29 is 18.0 Å². The zero-order valence-electron chi connectivity index (χ0n) is 14.9. The average molecular weight is 386 g/mol. The molecule has 28 heavy (non-hydrogen) atoms. The molecule has 0 saturated heterocycles. The van der Waals surface area contributed by atoms with Gasteiger partial charge in [0.05, 0.1) is 16.8 Å². The number of anilines is 3. The number of aromatic nitrogens is 2. The summed E-state index contributed by atoms with van der Waals surface area (Å²) in [6, 6.07) is 14.3. The van der Waals surface area contributed by atoms with E-state index in [1.807, 2.05) is 42.2 Å². The van der Waals surface area contributed by atoms with Crippen molar-refractivity contribution in [1.29, 1.82) is 0 Å². The van der Waals surface area contributed by atoms with Gasteiger partial charge in [0.1, 0.15) is 0 Å².